The number of hydrogen-bond acceptors (Lipinski definition) is 2. The van der Waals surface area contributed by atoms with Crippen molar-refractivity contribution in [1.82, 2.24) is 0 Å². The van der Waals surface area contributed by atoms with E-state index in [4.69, 9.17) is 16.3 Å². The fourth-order valence-corrected chi connectivity index (χ4v) is 1.85. The number of benzene rings is 1. The third-order valence-corrected chi connectivity index (χ3v) is 2.74. The zero-order valence-electron chi connectivity index (χ0n) is 6.76. The van der Waals surface area contributed by atoms with Gasteiger partial charge in [-0.15, -0.1) is 0 Å². The Morgan fingerprint density at radius 2 is 2.31 bits per heavy atom. The van der Waals surface area contributed by atoms with E-state index in [-0.39, 0.29) is 0 Å². The van der Waals surface area contributed by atoms with Crippen LogP contribution in [0.5, 0.6) is 0 Å². The number of ether oxygens (including phenoxy) is 1. The number of halogens is 2. The van der Waals surface area contributed by atoms with E-state index in [0.29, 0.717) is 17.5 Å². The highest BCUT2D eigenvalue weighted by Gasteiger charge is 2.13. The molecular weight excluding hydrogens is 300 g/mol. The second-order valence-corrected chi connectivity index (χ2v) is 4.31. The van der Waals surface area contributed by atoms with Gasteiger partial charge in [-0.05, 0) is 40.8 Å². The lowest BCUT2D eigenvalue weighted by Crippen LogP contribution is -2.02. The van der Waals surface area contributed by atoms with Crippen LogP contribution in [0.1, 0.15) is 5.56 Å². The monoisotopic (exact) mass is 307 g/mol. The van der Waals surface area contributed by atoms with Crippen molar-refractivity contribution < 1.29 is 4.74 Å². The third kappa shape index (κ3) is 1.96. The second-order valence-electron chi connectivity index (χ2n) is 2.66. The molecular formula is C9H7ClINO. The van der Waals surface area contributed by atoms with Gasteiger partial charge >= 0.3 is 0 Å². The summed E-state index contributed by atoms with van der Waals surface area (Å²) < 4.78 is 6.47. The number of aliphatic imine (C=N–C) groups is 1. The molecule has 68 valence electrons. The van der Waals surface area contributed by atoms with Crippen molar-refractivity contribution >= 4 is 40.1 Å². The standard InChI is InChI=1S/C9H7ClINO/c10-8-2-1-6(11)5-7(8)9-12-3-4-13-9/h1-2,5H,3-4H2. The van der Waals surface area contributed by atoms with Crippen LogP contribution in [0, 0.1) is 3.57 Å². The van der Waals surface area contributed by atoms with E-state index in [0.717, 1.165) is 15.7 Å². The minimum Gasteiger partial charge on any atom is -0.475 e. The highest BCUT2D eigenvalue weighted by atomic mass is 127. The van der Waals surface area contributed by atoms with Crippen molar-refractivity contribution in [2.45, 2.75) is 0 Å². The van der Waals surface area contributed by atoms with Gasteiger partial charge in [0.25, 0.3) is 0 Å². The van der Waals surface area contributed by atoms with Crippen LogP contribution in [0.15, 0.2) is 23.2 Å². The minimum atomic E-state index is 0.664. The van der Waals surface area contributed by atoms with E-state index in [1.807, 2.05) is 18.2 Å². The van der Waals surface area contributed by atoms with Gasteiger partial charge in [0.1, 0.15) is 6.61 Å². The highest BCUT2D eigenvalue weighted by Crippen LogP contribution is 2.21. The fourth-order valence-electron chi connectivity index (χ4n) is 1.16. The summed E-state index contributed by atoms with van der Waals surface area (Å²) in [5, 5.41) is 0.695. The molecule has 1 aliphatic heterocycles. The van der Waals surface area contributed by atoms with Crippen LogP contribution < -0.4 is 0 Å². The first-order valence-electron chi connectivity index (χ1n) is 3.90. The van der Waals surface area contributed by atoms with Gasteiger partial charge in [0.2, 0.25) is 5.90 Å². The molecule has 0 spiro atoms. The van der Waals surface area contributed by atoms with Gasteiger partial charge in [-0.25, -0.2) is 4.99 Å². The molecule has 0 N–H and O–H groups in total. The molecule has 0 atom stereocenters. The van der Waals surface area contributed by atoms with Crippen LogP contribution in [-0.2, 0) is 4.74 Å². The topological polar surface area (TPSA) is 21.6 Å². The van der Waals surface area contributed by atoms with Crippen molar-refractivity contribution in [1.29, 1.82) is 0 Å². The van der Waals surface area contributed by atoms with Crippen LogP contribution >= 0.6 is 34.2 Å². The van der Waals surface area contributed by atoms with E-state index >= 15 is 0 Å². The Morgan fingerprint density at radius 3 is 3.00 bits per heavy atom. The Kier molecular flexibility index (Phi) is 2.74. The van der Waals surface area contributed by atoms with Crippen LogP contribution in [0.2, 0.25) is 5.02 Å². The normalized spacial score (nSPS) is 15.4. The van der Waals surface area contributed by atoms with E-state index in [2.05, 4.69) is 27.6 Å². The van der Waals surface area contributed by atoms with Gasteiger partial charge < -0.3 is 4.74 Å². The molecule has 1 aromatic rings. The van der Waals surface area contributed by atoms with Gasteiger partial charge in [0, 0.05) is 3.57 Å². The quantitative estimate of drug-likeness (QED) is 0.731. The summed E-state index contributed by atoms with van der Waals surface area (Å²) in [4.78, 5) is 4.21. The molecule has 2 rings (SSSR count). The predicted molar refractivity (Wildman–Crippen MR) is 61.5 cm³/mol. The molecule has 0 amide bonds. The van der Waals surface area contributed by atoms with Gasteiger partial charge in [-0.2, -0.15) is 0 Å². The molecule has 0 saturated heterocycles. The van der Waals surface area contributed by atoms with E-state index in [1.165, 1.54) is 0 Å². The highest BCUT2D eigenvalue weighted by molar-refractivity contribution is 14.1. The second kappa shape index (κ2) is 3.84. The Bertz CT molecular complexity index is 365. The molecule has 0 saturated carbocycles. The molecule has 2 nitrogen and oxygen atoms in total. The van der Waals surface area contributed by atoms with Crippen LogP contribution in [0.3, 0.4) is 0 Å². The molecule has 0 unspecified atom stereocenters. The molecule has 1 aromatic carbocycles. The lowest BCUT2D eigenvalue weighted by molar-refractivity contribution is 0.348. The summed E-state index contributed by atoms with van der Waals surface area (Å²) in [7, 11) is 0. The smallest absolute Gasteiger partial charge is 0.217 e. The molecule has 0 aromatic heterocycles. The summed E-state index contributed by atoms with van der Waals surface area (Å²) in [5.41, 5.74) is 0.895. The van der Waals surface area contributed by atoms with E-state index in [9.17, 15) is 0 Å². The molecule has 0 bridgehead atoms. The first-order chi connectivity index (χ1) is 6.27. The summed E-state index contributed by atoms with van der Waals surface area (Å²) >= 11 is 8.25. The lowest BCUT2D eigenvalue weighted by atomic mass is 10.2. The van der Waals surface area contributed by atoms with Crippen molar-refractivity contribution in [3.63, 3.8) is 0 Å². The molecule has 4 heteroatoms. The van der Waals surface area contributed by atoms with Gasteiger partial charge in [0.15, 0.2) is 0 Å². The minimum absolute atomic E-state index is 0.664. The van der Waals surface area contributed by atoms with Crippen molar-refractivity contribution in [2.75, 3.05) is 13.2 Å². The summed E-state index contributed by atoms with van der Waals surface area (Å²) in [6, 6.07) is 5.80. The van der Waals surface area contributed by atoms with Crippen molar-refractivity contribution in [2.24, 2.45) is 4.99 Å². The zero-order chi connectivity index (χ0) is 9.26. The number of hydrogen-bond donors (Lipinski definition) is 0. The van der Waals surface area contributed by atoms with E-state index in [1.54, 1.807) is 0 Å². The Labute approximate surface area is 95.1 Å². The van der Waals surface area contributed by atoms with Crippen molar-refractivity contribution in [3.05, 3.63) is 32.4 Å². The molecule has 1 aliphatic rings. The lowest BCUT2D eigenvalue weighted by Gasteiger charge is -2.04. The first kappa shape index (κ1) is 9.27. The third-order valence-electron chi connectivity index (χ3n) is 1.74. The molecule has 0 aliphatic carbocycles. The maximum absolute atomic E-state index is 6.01. The zero-order valence-corrected chi connectivity index (χ0v) is 9.67. The summed E-state index contributed by atoms with van der Waals surface area (Å²) in [6.07, 6.45) is 0. The summed E-state index contributed by atoms with van der Waals surface area (Å²) in [5.74, 6) is 0.670. The number of rotatable bonds is 1. The van der Waals surface area contributed by atoms with Gasteiger partial charge in [0.05, 0.1) is 17.1 Å². The maximum Gasteiger partial charge on any atom is 0.217 e. The van der Waals surface area contributed by atoms with Crippen LogP contribution in [0.25, 0.3) is 0 Å². The Hall–Kier alpha value is -0.290. The van der Waals surface area contributed by atoms with E-state index < -0.39 is 0 Å². The Morgan fingerprint density at radius 1 is 1.46 bits per heavy atom. The average Bonchev–Trinajstić information content (AvgIpc) is 2.61. The van der Waals surface area contributed by atoms with Gasteiger partial charge in [-0.1, -0.05) is 11.6 Å². The Balaban J connectivity index is 2.43. The largest absolute Gasteiger partial charge is 0.475 e. The number of nitrogens with zero attached hydrogens (tertiary/aromatic N) is 1. The molecule has 0 fully saturated rings. The van der Waals surface area contributed by atoms with Gasteiger partial charge in [-0.3, -0.25) is 0 Å². The maximum atomic E-state index is 6.01. The van der Waals surface area contributed by atoms with Crippen LogP contribution in [0.4, 0.5) is 0 Å². The molecule has 13 heavy (non-hydrogen) atoms. The van der Waals surface area contributed by atoms with Crippen molar-refractivity contribution in [3.8, 4) is 0 Å². The predicted octanol–water partition coefficient (Wildman–Crippen LogP) is 2.72. The average molecular weight is 308 g/mol. The van der Waals surface area contributed by atoms with Crippen LogP contribution in [-0.4, -0.2) is 19.0 Å². The molecule has 0 radical (unpaired) electrons. The first-order valence-corrected chi connectivity index (χ1v) is 5.36. The summed E-state index contributed by atoms with van der Waals surface area (Å²) in [6.45, 7) is 1.40. The molecule has 1 heterocycles. The SMILES string of the molecule is Clc1ccc(I)cc1C1=NCCO1. The fraction of sp³-hybridized carbons (Fsp3) is 0.222.